The van der Waals surface area contributed by atoms with E-state index in [1.54, 1.807) is 4.68 Å². The maximum Gasteiger partial charge on any atom is 0.295 e. The Kier molecular flexibility index (Phi) is 10.3. The summed E-state index contributed by atoms with van der Waals surface area (Å²) in [4.78, 5) is -0.289. The number of rotatable bonds is 7. The predicted molar refractivity (Wildman–Crippen MR) is 167 cm³/mol. The first-order chi connectivity index (χ1) is 20.4. The largest absolute Gasteiger partial charge is 0.744 e. The van der Waals surface area contributed by atoms with Gasteiger partial charge in [0.2, 0.25) is 0 Å². The molecule has 3 unspecified atom stereocenters. The molecule has 0 bridgehead atoms. The van der Waals surface area contributed by atoms with E-state index in [1.165, 1.54) is 43.5 Å². The Hall–Kier alpha value is -4.09. The Morgan fingerprint density at radius 1 is 0.930 bits per heavy atom. The fraction of sp³-hybridized carbons (Fsp3) is 0.375. The molecule has 3 aromatic carbocycles. The summed E-state index contributed by atoms with van der Waals surface area (Å²) in [6, 6.07) is 23.0. The Labute approximate surface area is 254 Å². The third kappa shape index (κ3) is 8.48. The van der Waals surface area contributed by atoms with Crippen molar-refractivity contribution >= 4 is 32.9 Å². The SMILES string of the molecule is Cc1nn(C2CC(C)CCC2C(C)C)c(C)[n+]1N.O=S(=O)([O-])c1ccc(N=Nc2ccc(Nc3ccccc3)cc2)cc1. The maximum absolute atomic E-state index is 10.9. The lowest BCUT2D eigenvalue weighted by Crippen LogP contribution is -2.49. The summed E-state index contributed by atoms with van der Waals surface area (Å²) in [7, 11) is -4.45. The molecule has 1 fully saturated rings. The standard InChI is InChI=1S/C18H15N3O3S.C14H27N4/c22-25(23,24)18-12-10-17(11-13-18)21-20-16-8-6-15(7-9-16)19-14-4-2-1-3-5-14;1-9(2)13-7-6-10(3)8-14(13)18-12(5)17(15)11(4)16-18/h1-13,19H,(H,22,23,24);9-10,13-14H,6-8,15H2,1-5H3/q;+1/p-1. The number of nitrogens with zero attached hydrogens (tertiary/aromatic N) is 5. The Morgan fingerprint density at radius 3 is 2.00 bits per heavy atom. The summed E-state index contributed by atoms with van der Waals surface area (Å²) >= 11 is 0. The molecule has 1 aliphatic rings. The lowest BCUT2D eigenvalue weighted by atomic mass is 9.74. The molecular weight excluding hydrogens is 562 g/mol. The molecule has 1 heterocycles. The lowest BCUT2D eigenvalue weighted by Gasteiger charge is -2.34. The number of hydrogen-bond donors (Lipinski definition) is 2. The molecule has 3 atom stereocenters. The van der Waals surface area contributed by atoms with Gasteiger partial charge >= 0.3 is 0 Å². The van der Waals surface area contributed by atoms with Crippen molar-refractivity contribution in [2.75, 3.05) is 11.2 Å². The second-order valence-electron chi connectivity index (χ2n) is 11.5. The molecule has 3 N–H and O–H groups in total. The van der Waals surface area contributed by atoms with Crippen molar-refractivity contribution in [3.05, 3.63) is 90.5 Å². The zero-order valence-electron chi connectivity index (χ0n) is 25.4. The number of nitrogens with two attached hydrogens (primary N) is 1. The van der Waals surface area contributed by atoms with E-state index < -0.39 is 10.1 Å². The molecule has 5 rings (SSSR count). The van der Waals surface area contributed by atoms with E-state index in [9.17, 15) is 13.0 Å². The number of anilines is 2. The van der Waals surface area contributed by atoms with Crippen molar-refractivity contribution in [2.45, 2.75) is 64.8 Å². The molecule has 43 heavy (non-hydrogen) atoms. The van der Waals surface area contributed by atoms with Crippen LogP contribution in [0.1, 0.15) is 57.7 Å². The fourth-order valence-electron chi connectivity index (χ4n) is 5.46. The van der Waals surface area contributed by atoms with E-state index in [0.717, 1.165) is 34.9 Å². The molecule has 0 amide bonds. The zero-order chi connectivity index (χ0) is 31.1. The number of aryl methyl sites for hydroxylation is 1. The van der Waals surface area contributed by atoms with Crippen LogP contribution in [0.25, 0.3) is 0 Å². The molecule has 1 saturated carbocycles. The molecule has 0 spiro atoms. The van der Waals surface area contributed by atoms with Gasteiger partial charge in [0, 0.05) is 30.3 Å². The van der Waals surface area contributed by atoms with E-state index >= 15 is 0 Å². The van der Waals surface area contributed by atoms with Gasteiger partial charge in [-0.05, 0) is 91.3 Å². The van der Waals surface area contributed by atoms with Crippen LogP contribution < -0.4 is 15.8 Å². The lowest BCUT2D eigenvalue weighted by molar-refractivity contribution is -0.652. The first kappa shape index (κ1) is 31.8. The van der Waals surface area contributed by atoms with Crippen molar-refractivity contribution in [3.8, 4) is 0 Å². The van der Waals surface area contributed by atoms with Crippen LogP contribution in [-0.2, 0) is 10.1 Å². The maximum atomic E-state index is 10.9. The highest BCUT2D eigenvalue weighted by Crippen LogP contribution is 2.40. The molecule has 1 aliphatic carbocycles. The van der Waals surface area contributed by atoms with Gasteiger partial charge in [0.15, 0.2) is 0 Å². The minimum Gasteiger partial charge on any atom is -0.744 e. The minimum absolute atomic E-state index is 0.289. The van der Waals surface area contributed by atoms with Crippen LogP contribution in [0.4, 0.5) is 22.7 Å². The van der Waals surface area contributed by atoms with Gasteiger partial charge in [-0.2, -0.15) is 10.2 Å². The monoisotopic (exact) mass is 603 g/mol. The third-order valence-electron chi connectivity index (χ3n) is 7.92. The quantitative estimate of drug-likeness (QED) is 0.102. The Bertz CT molecular complexity index is 1620. The van der Waals surface area contributed by atoms with Crippen molar-refractivity contribution < 1.29 is 17.6 Å². The summed E-state index contributed by atoms with van der Waals surface area (Å²) in [6.45, 7) is 11.0. The first-order valence-electron chi connectivity index (χ1n) is 14.5. The highest BCUT2D eigenvalue weighted by molar-refractivity contribution is 7.85. The highest BCUT2D eigenvalue weighted by atomic mass is 32.2. The van der Waals surface area contributed by atoms with Crippen molar-refractivity contribution in [1.29, 1.82) is 0 Å². The van der Waals surface area contributed by atoms with Gasteiger partial charge in [0.1, 0.15) is 16.2 Å². The van der Waals surface area contributed by atoms with E-state index in [-0.39, 0.29) is 4.90 Å². The molecule has 0 aliphatic heterocycles. The molecule has 4 aromatic rings. The van der Waals surface area contributed by atoms with Crippen LogP contribution >= 0.6 is 0 Å². The van der Waals surface area contributed by atoms with Crippen LogP contribution in [0.15, 0.2) is 94.0 Å². The molecule has 11 heteroatoms. The summed E-state index contributed by atoms with van der Waals surface area (Å²) in [6.07, 6.45) is 3.89. The number of nitrogens with one attached hydrogen (secondary N) is 1. The number of nitrogen functional groups attached to an aromatic ring is 1. The van der Waals surface area contributed by atoms with E-state index in [1.807, 2.05) is 61.5 Å². The van der Waals surface area contributed by atoms with Crippen LogP contribution in [0.2, 0.25) is 0 Å². The summed E-state index contributed by atoms with van der Waals surface area (Å²) < 4.78 is 36.5. The third-order valence-corrected chi connectivity index (χ3v) is 8.77. The van der Waals surface area contributed by atoms with Gasteiger partial charge < -0.3 is 9.87 Å². The van der Waals surface area contributed by atoms with Crippen molar-refractivity contribution in [1.82, 2.24) is 9.78 Å². The summed E-state index contributed by atoms with van der Waals surface area (Å²) in [5.74, 6) is 10.2. The smallest absolute Gasteiger partial charge is 0.295 e. The van der Waals surface area contributed by atoms with E-state index in [2.05, 4.69) is 53.0 Å². The van der Waals surface area contributed by atoms with Crippen LogP contribution in [0, 0.1) is 31.6 Å². The minimum atomic E-state index is -4.45. The fourth-order valence-corrected chi connectivity index (χ4v) is 5.93. The van der Waals surface area contributed by atoms with Gasteiger partial charge in [-0.15, -0.1) is 9.36 Å². The number of hydrogen-bond acceptors (Lipinski definition) is 8. The van der Waals surface area contributed by atoms with Gasteiger partial charge in [-0.1, -0.05) is 45.4 Å². The summed E-state index contributed by atoms with van der Waals surface area (Å²) in [5, 5.41) is 16.0. The van der Waals surface area contributed by atoms with Gasteiger partial charge in [0.05, 0.1) is 16.3 Å². The highest BCUT2D eigenvalue weighted by Gasteiger charge is 2.38. The van der Waals surface area contributed by atoms with E-state index in [4.69, 9.17) is 5.84 Å². The second kappa shape index (κ2) is 13.9. The molecule has 0 radical (unpaired) electrons. The topological polar surface area (TPSA) is 142 Å². The van der Waals surface area contributed by atoms with Crippen LogP contribution in [-0.4, -0.2) is 22.8 Å². The average Bonchev–Trinajstić information content (AvgIpc) is 3.24. The number of para-hydroxylation sites is 1. The molecular formula is C32H41N7O3S. The van der Waals surface area contributed by atoms with Crippen LogP contribution in [0.5, 0.6) is 0 Å². The van der Waals surface area contributed by atoms with Crippen LogP contribution in [0.3, 0.4) is 0 Å². The summed E-state index contributed by atoms with van der Waals surface area (Å²) in [5.41, 5.74) is 3.03. The normalized spacial score (nSPS) is 18.8. The average molecular weight is 604 g/mol. The van der Waals surface area contributed by atoms with Gasteiger partial charge in [-0.3, -0.25) is 5.84 Å². The first-order valence-corrected chi connectivity index (χ1v) is 16.0. The Morgan fingerprint density at radius 2 is 1.49 bits per heavy atom. The Balaban J connectivity index is 0.000000208. The predicted octanol–water partition coefficient (Wildman–Crippen LogP) is 6.88. The number of benzene rings is 3. The number of aromatic nitrogens is 3. The molecule has 1 aromatic heterocycles. The van der Waals surface area contributed by atoms with E-state index in [0.29, 0.717) is 23.3 Å². The number of azo groups is 1. The second-order valence-corrected chi connectivity index (χ2v) is 12.9. The van der Waals surface area contributed by atoms with Gasteiger partial charge in [0.25, 0.3) is 11.6 Å². The zero-order valence-corrected chi connectivity index (χ0v) is 26.2. The van der Waals surface area contributed by atoms with Crippen molar-refractivity contribution in [3.63, 3.8) is 0 Å². The van der Waals surface area contributed by atoms with Crippen molar-refractivity contribution in [2.24, 2.45) is 28.0 Å². The molecule has 10 nitrogen and oxygen atoms in total. The molecule has 0 saturated heterocycles. The van der Waals surface area contributed by atoms with Gasteiger partial charge in [-0.25, -0.2) is 8.42 Å². The molecule has 228 valence electrons.